The summed E-state index contributed by atoms with van der Waals surface area (Å²) in [5, 5.41) is 2.10. The van der Waals surface area contributed by atoms with Gasteiger partial charge in [-0.15, -0.1) is 6.42 Å². The van der Waals surface area contributed by atoms with Crippen LogP contribution in [-0.4, -0.2) is 24.1 Å². The highest BCUT2D eigenvalue weighted by Crippen LogP contribution is 2.05. The molecule has 0 bridgehead atoms. The molecule has 50 valence electrons. The van der Waals surface area contributed by atoms with Crippen molar-refractivity contribution in [3.8, 4) is 12.3 Å². The molecule has 1 heterocycles. The molecule has 1 aliphatic rings. The highest BCUT2D eigenvalue weighted by molar-refractivity contribution is 4.90. The molecule has 1 saturated heterocycles. The maximum absolute atomic E-state index is 5.14. The standard InChI is InChI=1S/C7H12N2/c1-3-6-9-7(2)4-5-8-9/h1,7-8H,4-6H2,2H3. The number of hydrogen-bond acceptors (Lipinski definition) is 2. The van der Waals surface area contributed by atoms with E-state index in [-0.39, 0.29) is 0 Å². The lowest BCUT2D eigenvalue weighted by atomic mass is 10.3. The molecule has 0 aromatic heterocycles. The summed E-state index contributed by atoms with van der Waals surface area (Å²) in [5.41, 5.74) is 3.20. The van der Waals surface area contributed by atoms with Crippen LogP contribution in [0.5, 0.6) is 0 Å². The molecule has 0 aliphatic carbocycles. The molecule has 0 amide bonds. The van der Waals surface area contributed by atoms with E-state index in [1.165, 1.54) is 6.42 Å². The van der Waals surface area contributed by atoms with Gasteiger partial charge in [0.2, 0.25) is 0 Å². The minimum absolute atomic E-state index is 0.612. The van der Waals surface area contributed by atoms with E-state index in [4.69, 9.17) is 6.42 Å². The van der Waals surface area contributed by atoms with E-state index in [9.17, 15) is 0 Å². The summed E-state index contributed by atoms with van der Waals surface area (Å²) in [6.45, 7) is 3.97. The first-order valence-electron chi connectivity index (χ1n) is 3.28. The minimum Gasteiger partial charge on any atom is -0.254 e. The molecule has 1 N–H and O–H groups in total. The van der Waals surface area contributed by atoms with Crippen LogP contribution in [0.2, 0.25) is 0 Å². The van der Waals surface area contributed by atoms with Crippen LogP contribution in [0.1, 0.15) is 13.3 Å². The maximum Gasteiger partial charge on any atom is 0.0742 e. The summed E-state index contributed by atoms with van der Waals surface area (Å²) in [5.74, 6) is 2.60. The van der Waals surface area contributed by atoms with Gasteiger partial charge < -0.3 is 0 Å². The van der Waals surface area contributed by atoms with Gasteiger partial charge in [-0.05, 0) is 13.3 Å². The number of nitrogens with zero attached hydrogens (tertiary/aromatic N) is 1. The van der Waals surface area contributed by atoms with E-state index >= 15 is 0 Å². The van der Waals surface area contributed by atoms with Crippen molar-refractivity contribution in [1.29, 1.82) is 0 Å². The molecule has 0 aromatic rings. The number of hydrazine groups is 1. The third-order valence-electron chi connectivity index (χ3n) is 1.67. The smallest absolute Gasteiger partial charge is 0.0742 e. The van der Waals surface area contributed by atoms with Crippen LogP contribution in [0.3, 0.4) is 0 Å². The van der Waals surface area contributed by atoms with Crippen LogP contribution < -0.4 is 5.43 Å². The van der Waals surface area contributed by atoms with Crippen molar-refractivity contribution in [2.75, 3.05) is 13.1 Å². The van der Waals surface area contributed by atoms with Gasteiger partial charge in [-0.3, -0.25) is 5.43 Å². The van der Waals surface area contributed by atoms with Crippen molar-refractivity contribution in [2.24, 2.45) is 0 Å². The molecular weight excluding hydrogens is 112 g/mol. The second-order valence-electron chi connectivity index (χ2n) is 2.38. The lowest BCUT2D eigenvalue weighted by Gasteiger charge is -2.16. The van der Waals surface area contributed by atoms with Crippen LogP contribution in [-0.2, 0) is 0 Å². The molecule has 0 radical (unpaired) electrons. The highest BCUT2D eigenvalue weighted by Gasteiger charge is 2.17. The Morgan fingerprint density at radius 2 is 2.67 bits per heavy atom. The molecule has 1 fully saturated rings. The molecule has 1 aliphatic heterocycles. The quantitative estimate of drug-likeness (QED) is 0.503. The van der Waals surface area contributed by atoms with Crippen molar-refractivity contribution in [3.05, 3.63) is 0 Å². The van der Waals surface area contributed by atoms with Crippen LogP contribution in [0.4, 0.5) is 0 Å². The summed E-state index contributed by atoms with van der Waals surface area (Å²) < 4.78 is 0. The lowest BCUT2D eigenvalue weighted by Crippen LogP contribution is -2.35. The number of nitrogens with one attached hydrogen (secondary N) is 1. The van der Waals surface area contributed by atoms with Crippen LogP contribution >= 0.6 is 0 Å². The van der Waals surface area contributed by atoms with Gasteiger partial charge in [0.15, 0.2) is 0 Å². The topological polar surface area (TPSA) is 15.3 Å². The first-order valence-corrected chi connectivity index (χ1v) is 3.28. The normalized spacial score (nSPS) is 28.2. The summed E-state index contributed by atoms with van der Waals surface area (Å²) in [6.07, 6.45) is 6.35. The zero-order valence-corrected chi connectivity index (χ0v) is 5.72. The molecule has 1 unspecified atom stereocenters. The molecule has 0 saturated carbocycles. The third-order valence-corrected chi connectivity index (χ3v) is 1.67. The molecule has 2 heteroatoms. The van der Waals surface area contributed by atoms with Gasteiger partial charge in [-0.1, -0.05) is 5.92 Å². The molecular formula is C7H12N2. The van der Waals surface area contributed by atoms with Gasteiger partial charge >= 0.3 is 0 Å². The predicted octanol–water partition coefficient (Wildman–Crippen LogP) is 0.218. The summed E-state index contributed by atoms with van der Waals surface area (Å²) in [7, 11) is 0. The van der Waals surface area contributed by atoms with Gasteiger partial charge in [-0.2, -0.15) is 0 Å². The van der Waals surface area contributed by atoms with Gasteiger partial charge in [0, 0.05) is 12.6 Å². The van der Waals surface area contributed by atoms with Crippen molar-refractivity contribution >= 4 is 0 Å². The van der Waals surface area contributed by atoms with Gasteiger partial charge in [0.1, 0.15) is 0 Å². The largest absolute Gasteiger partial charge is 0.254 e. The Hall–Kier alpha value is -0.520. The first-order chi connectivity index (χ1) is 4.34. The van der Waals surface area contributed by atoms with Crippen molar-refractivity contribution in [3.63, 3.8) is 0 Å². The maximum atomic E-state index is 5.14. The molecule has 1 rings (SSSR count). The zero-order valence-electron chi connectivity index (χ0n) is 5.72. The summed E-state index contributed by atoms with van der Waals surface area (Å²) >= 11 is 0. The highest BCUT2D eigenvalue weighted by atomic mass is 15.5. The van der Waals surface area contributed by atoms with E-state index in [1.807, 2.05) is 0 Å². The fraction of sp³-hybridized carbons (Fsp3) is 0.714. The second-order valence-corrected chi connectivity index (χ2v) is 2.38. The van der Waals surface area contributed by atoms with E-state index < -0.39 is 0 Å². The van der Waals surface area contributed by atoms with Gasteiger partial charge in [-0.25, -0.2) is 5.01 Å². The Bertz CT molecular complexity index is 125. The molecule has 9 heavy (non-hydrogen) atoms. The van der Waals surface area contributed by atoms with Gasteiger partial charge in [0.05, 0.1) is 6.54 Å². The molecule has 2 nitrogen and oxygen atoms in total. The fourth-order valence-corrected chi connectivity index (χ4v) is 1.04. The minimum atomic E-state index is 0.612. The average Bonchev–Trinajstić information content (AvgIpc) is 2.18. The van der Waals surface area contributed by atoms with E-state index in [1.54, 1.807) is 0 Å². The van der Waals surface area contributed by atoms with Crippen LogP contribution in [0, 0.1) is 12.3 Å². The Kier molecular flexibility index (Phi) is 2.10. The zero-order chi connectivity index (χ0) is 6.69. The van der Waals surface area contributed by atoms with Crippen molar-refractivity contribution in [1.82, 2.24) is 10.4 Å². The predicted molar refractivity (Wildman–Crippen MR) is 37.6 cm³/mol. The third kappa shape index (κ3) is 1.44. The van der Waals surface area contributed by atoms with Crippen LogP contribution in [0.15, 0.2) is 0 Å². The SMILES string of the molecule is C#CCN1NCCC1C. The fourth-order valence-electron chi connectivity index (χ4n) is 1.04. The van der Waals surface area contributed by atoms with E-state index in [2.05, 4.69) is 23.3 Å². The number of hydrogen-bond donors (Lipinski definition) is 1. The molecule has 0 aromatic carbocycles. The number of terminal acetylenes is 1. The van der Waals surface area contributed by atoms with E-state index in [0.717, 1.165) is 13.1 Å². The Morgan fingerprint density at radius 1 is 1.89 bits per heavy atom. The Labute approximate surface area is 56.2 Å². The summed E-state index contributed by atoms with van der Waals surface area (Å²) in [6, 6.07) is 0.612. The molecule has 1 atom stereocenters. The number of rotatable bonds is 1. The van der Waals surface area contributed by atoms with E-state index in [0.29, 0.717) is 6.04 Å². The monoisotopic (exact) mass is 124 g/mol. The molecule has 0 spiro atoms. The summed E-state index contributed by atoms with van der Waals surface area (Å²) in [4.78, 5) is 0. The van der Waals surface area contributed by atoms with Crippen molar-refractivity contribution in [2.45, 2.75) is 19.4 Å². The second kappa shape index (κ2) is 2.86. The van der Waals surface area contributed by atoms with Gasteiger partial charge in [0.25, 0.3) is 0 Å². The van der Waals surface area contributed by atoms with Crippen molar-refractivity contribution < 1.29 is 0 Å². The lowest BCUT2D eigenvalue weighted by molar-refractivity contribution is 0.226. The Balaban J connectivity index is 2.33. The first kappa shape index (κ1) is 6.60. The Morgan fingerprint density at radius 3 is 3.11 bits per heavy atom. The average molecular weight is 124 g/mol. The van der Waals surface area contributed by atoms with Crippen LogP contribution in [0.25, 0.3) is 0 Å².